The first-order valence-corrected chi connectivity index (χ1v) is 16.3. The molecule has 1 fully saturated rings. The Bertz CT molecular complexity index is 2070. The summed E-state index contributed by atoms with van der Waals surface area (Å²) in [7, 11) is -4.48. The molecule has 2 aliphatic rings. The van der Waals surface area contributed by atoms with E-state index in [1.807, 2.05) is 6.92 Å². The van der Waals surface area contributed by atoms with Crippen LogP contribution >= 0.6 is 0 Å². The van der Waals surface area contributed by atoms with Crippen LogP contribution in [0.5, 0.6) is 0 Å². The van der Waals surface area contributed by atoms with Crippen LogP contribution in [-0.4, -0.2) is 76.9 Å². The first-order valence-electron chi connectivity index (χ1n) is 14.8. The molecule has 15 nitrogen and oxygen atoms in total. The number of amides is 3. The first kappa shape index (κ1) is 33.9. The average molecular weight is 714 g/mol. The number of imide groups is 1. The number of carbonyl (C=O) groups is 3. The number of hydrogen-bond donors (Lipinski definition) is 1. The van der Waals surface area contributed by atoms with E-state index in [0.29, 0.717) is 12.0 Å². The summed E-state index contributed by atoms with van der Waals surface area (Å²) in [5.41, 5.74) is 0.855. The average Bonchev–Trinajstić information content (AvgIpc) is 3.61. The number of halogens is 3. The van der Waals surface area contributed by atoms with Crippen LogP contribution < -0.4 is 4.72 Å². The Balaban J connectivity index is 1.04. The minimum Gasteiger partial charge on any atom is -0.569 e. The molecule has 50 heavy (non-hydrogen) atoms. The van der Waals surface area contributed by atoms with Gasteiger partial charge in [0.2, 0.25) is 12.0 Å². The van der Waals surface area contributed by atoms with Crippen LogP contribution in [0.25, 0.3) is 16.9 Å². The lowest BCUT2D eigenvalue weighted by molar-refractivity contribution is -0.732. The van der Waals surface area contributed by atoms with Gasteiger partial charge < -0.3 is 14.8 Å². The van der Waals surface area contributed by atoms with E-state index < -0.39 is 59.2 Å². The number of nitrogens with one attached hydrogen (secondary N) is 1. The largest absolute Gasteiger partial charge is 0.569 e. The van der Waals surface area contributed by atoms with Gasteiger partial charge >= 0.3 is 12.3 Å². The fourth-order valence-electron chi connectivity index (χ4n) is 5.14. The Morgan fingerprint density at radius 2 is 1.68 bits per heavy atom. The molecule has 3 heterocycles. The molecule has 0 saturated carbocycles. The molecule has 0 aliphatic carbocycles. The number of rotatable bonds is 10. The van der Waals surface area contributed by atoms with Crippen molar-refractivity contribution in [3.8, 4) is 16.9 Å². The number of ether oxygens (including phenoxy) is 1. The van der Waals surface area contributed by atoms with Crippen molar-refractivity contribution < 1.29 is 50.5 Å². The number of carbonyl (C=O) groups excluding carboxylic acids is 3. The van der Waals surface area contributed by atoms with Gasteiger partial charge in [-0.2, -0.15) is 18.3 Å². The summed E-state index contributed by atoms with van der Waals surface area (Å²) in [6, 6.07) is 17.8. The van der Waals surface area contributed by atoms with Crippen molar-refractivity contribution in [2.45, 2.75) is 30.5 Å². The summed E-state index contributed by atoms with van der Waals surface area (Å²) >= 11 is 0. The second-order valence-corrected chi connectivity index (χ2v) is 12.9. The van der Waals surface area contributed by atoms with E-state index in [9.17, 15) is 41.2 Å². The quantitative estimate of drug-likeness (QED) is 0.107. The number of aryl methyl sites for hydroxylation is 1. The number of hydrogen-bond acceptors (Lipinski definition) is 10. The molecule has 4 aromatic rings. The number of nitrogens with zero attached hydrogens (tertiary/aromatic N) is 6. The Morgan fingerprint density at radius 1 is 1.04 bits per heavy atom. The number of aromatic nitrogens is 2. The third kappa shape index (κ3) is 6.79. The van der Waals surface area contributed by atoms with Gasteiger partial charge in [0.05, 0.1) is 38.9 Å². The maximum atomic E-state index is 13.5. The summed E-state index contributed by atoms with van der Waals surface area (Å²) < 4.78 is 74.1. The summed E-state index contributed by atoms with van der Waals surface area (Å²) in [6.45, 7) is 0.991. The SMILES string of the molecule is Cc1ccc(-c2cc(C(F)(F)F)nn2-c2ccc(S(=O)(=O)NC(=O)OC[C@@H]3CCN3/[N+]([O-])=N\OCN3C(=O)c4ccccc4C3=O)cc2)cc1. The molecule has 0 spiro atoms. The van der Waals surface area contributed by atoms with Gasteiger partial charge in [-0.3, -0.25) is 9.59 Å². The molecule has 0 radical (unpaired) electrons. The van der Waals surface area contributed by atoms with Crippen LogP contribution in [0.4, 0.5) is 18.0 Å². The Hall–Kier alpha value is -5.98. The molecule has 260 valence electrons. The third-order valence-corrected chi connectivity index (χ3v) is 9.22. The summed E-state index contributed by atoms with van der Waals surface area (Å²) in [5, 5.41) is 20.5. The third-order valence-electron chi connectivity index (χ3n) is 7.89. The van der Waals surface area contributed by atoms with E-state index >= 15 is 0 Å². The molecule has 1 saturated heterocycles. The van der Waals surface area contributed by atoms with E-state index in [1.54, 1.807) is 41.1 Å². The molecule has 3 aromatic carbocycles. The van der Waals surface area contributed by atoms with Crippen LogP contribution in [0.1, 0.15) is 38.4 Å². The standard InChI is InChI=1S/C31H26F3N7O8S/c1-19-6-8-20(9-7-19)26-16-27(31(32,33)34)35-40(26)21-10-12-23(13-11-21)50(46,47)36-30(44)48-17-22-14-15-39(22)41(45)37-49-18-38-28(42)24-4-2-3-5-25(24)29(38)43/h2-13,16,22H,14-15,17-18H2,1H3,(H,36,44)/b41-37+/t22-/m0/s1. The van der Waals surface area contributed by atoms with E-state index in [0.717, 1.165) is 38.4 Å². The van der Waals surface area contributed by atoms with Gasteiger partial charge in [-0.25, -0.2) is 27.5 Å². The summed E-state index contributed by atoms with van der Waals surface area (Å²) in [4.78, 5) is 42.5. The normalized spacial score (nSPS) is 16.2. The highest BCUT2D eigenvalue weighted by Gasteiger charge is 2.39. The van der Waals surface area contributed by atoms with Crippen molar-refractivity contribution in [3.05, 3.63) is 106 Å². The lowest BCUT2D eigenvalue weighted by atomic mass is 10.1. The Kier molecular flexibility index (Phi) is 8.91. The lowest BCUT2D eigenvalue weighted by Crippen LogP contribution is -2.54. The number of sulfonamides is 1. The monoisotopic (exact) mass is 713 g/mol. The highest BCUT2D eigenvalue weighted by atomic mass is 32.2. The zero-order valence-corrected chi connectivity index (χ0v) is 26.7. The van der Waals surface area contributed by atoms with Crippen LogP contribution in [0.15, 0.2) is 89.0 Å². The van der Waals surface area contributed by atoms with Crippen LogP contribution in [0.3, 0.4) is 0 Å². The topological polar surface area (TPSA) is 179 Å². The molecule has 19 heteroatoms. The number of alkyl halides is 3. The van der Waals surface area contributed by atoms with Crippen molar-refractivity contribution in [1.29, 1.82) is 0 Å². The Labute approximate surface area is 281 Å². The lowest BCUT2D eigenvalue weighted by Gasteiger charge is -2.34. The Morgan fingerprint density at radius 3 is 2.26 bits per heavy atom. The zero-order valence-electron chi connectivity index (χ0n) is 25.9. The maximum absolute atomic E-state index is 13.5. The minimum atomic E-state index is -4.73. The zero-order chi connectivity index (χ0) is 35.8. The van der Waals surface area contributed by atoms with E-state index in [1.165, 1.54) is 24.3 Å². The molecular formula is C31H26F3N7O8S. The predicted molar refractivity (Wildman–Crippen MR) is 164 cm³/mol. The molecule has 1 N–H and O–H groups in total. The fraction of sp³-hybridized carbons (Fsp3) is 0.226. The second kappa shape index (κ2) is 13.1. The van der Waals surface area contributed by atoms with Crippen molar-refractivity contribution in [1.82, 2.24) is 24.4 Å². The van der Waals surface area contributed by atoms with Crippen LogP contribution in [0, 0.1) is 12.1 Å². The predicted octanol–water partition coefficient (Wildman–Crippen LogP) is 4.42. The smallest absolute Gasteiger partial charge is 0.435 e. The van der Waals surface area contributed by atoms with Gasteiger partial charge in [-0.15, -0.1) is 5.01 Å². The maximum Gasteiger partial charge on any atom is 0.435 e. The van der Waals surface area contributed by atoms with Gasteiger partial charge in [0.1, 0.15) is 12.6 Å². The minimum absolute atomic E-state index is 0.0629. The molecule has 0 unspecified atom stereocenters. The summed E-state index contributed by atoms with van der Waals surface area (Å²) in [6.07, 6.45) is -5.70. The molecule has 1 atom stereocenters. The molecule has 1 aromatic heterocycles. The van der Waals surface area contributed by atoms with Crippen molar-refractivity contribution in [2.75, 3.05) is 19.9 Å². The highest BCUT2D eigenvalue weighted by molar-refractivity contribution is 7.90. The van der Waals surface area contributed by atoms with Crippen molar-refractivity contribution in [3.63, 3.8) is 0 Å². The van der Waals surface area contributed by atoms with Crippen LogP contribution in [0.2, 0.25) is 0 Å². The van der Waals surface area contributed by atoms with Crippen LogP contribution in [-0.2, 0) is 25.8 Å². The number of fused-ring (bicyclic) bond motifs is 1. The molecule has 2 aliphatic heterocycles. The summed E-state index contributed by atoms with van der Waals surface area (Å²) in [5.74, 6) is -1.20. The molecule has 0 bridgehead atoms. The van der Waals surface area contributed by atoms with E-state index in [2.05, 4.69) is 10.4 Å². The van der Waals surface area contributed by atoms with Crippen molar-refractivity contribution >= 4 is 27.9 Å². The van der Waals surface area contributed by atoms with Gasteiger partial charge in [-0.1, -0.05) is 42.0 Å². The first-order chi connectivity index (χ1) is 23.7. The second-order valence-electron chi connectivity index (χ2n) is 11.2. The highest BCUT2D eigenvalue weighted by Crippen LogP contribution is 2.33. The van der Waals surface area contributed by atoms with Gasteiger partial charge in [0.25, 0.3) is 21.8 Å². The van der Waals surface area contributed by atoms with Gasteiger partial charge in [-0.05, 0) is 55.8 Å². The molecule has 6 rings (SSSR count). The fourth-order valence-corrected chi connectivity index (χ4v) is 6.03. The van der Waals surface area contributed by atoms with E-state index in [4.69, 9.17) is 9.57 Å². The van der Waals surface area contributed by atoms with Crippen molar-refractivity contribution in [2.24, 2.45) is 5.28 Å². The number of benzene rings is 3. The van der Waals surface area contributed by atoms with E-state index in [-0.39, 0.29) is 38.9 Å². The van der Waals surface area contributed by atoms with Gasteiger partial charge in [0, 0.05) is 5.56 Å². The number of hydrazine groups is 1. The molecular weight excluding hydrogens is 687 g/mol. The van der Waals surface area contributed by atoms with Gasteiger partial charge in [0.15, 0.2) is 5.69 Å². The molecule has 3 amide bonds.